The zero-order chi connectivity index (χ0) is 16.3. The maximum Gasteiger partial charge on any atom is 0.418 e. The molecule has 0 spiro atoms. The number of hydrogen-bond donors (Lipinski definition) is 1. The number of hydrogen-bond acceptors (Lipinski definition) is 3. The minimum atomic E-state index is -4.38. The summed E-state index contributed by atoms with van der Waals surface area (Å²) in [4.78, 5) is 3.91. The Balaban J connectivity index is 1.72. The van der Waals surface area contributed by atoms with E-state index in [0.29, 0.717) is 0 Å². The van der Waals surface area contributed by atoms with Crippen molar-refractivity contribution in [2.24, 2.45) is 0 Å². The molecule has 1 aliphatic rings. The number of nitrogens with zero attached hydrogens (tertiary/aromatic N) is 3. The summed E-state index contributed by atoms with van der Waals surface area (Å²) >= 11 is 0. The lowest BCUT2D eigenvalue weighted by Crippen LogP contribution is -2.40. The molecule has 3 rings (SSSR count). The van der Waals surface area contributed by atoms with Crippen LogP contribution < -0.4 is 5.32 Å². The van der Waals surface area contributed by atoms with Crippen molar-refractivity contribution in [1.82, 2.24) is 20.1 Å². The molecule has 0 saturated heterocycles. The van der Waals surface area contributed by atoms with Gasteiger partial charge in [-0.15, -0.1) is 0 Å². The molecule has 2 aromatic rings. The molecule has 2 atom stereocenters. The molecule has 2 aromatic heterocycles. The summed E-state index contributed by atoms with van der Waals surface area (Å²) in [6.07, 6.45) is 4.76. The summed E-state index contributed by atoms with van der Waals surface area (Å²) < 4.78 is 41.0. The van der Waals surface area contributed by atoms with Gasteiger partial charge < -0.3 is 5.32 Å². The van der Waals surface area contributed by atoms with Crippen LogP contribution in [-0.2, 0) is 12.7 Å². The van der Waals surface area contributed by atoms with Crippen LogP contribution in [0.4, 0.5) is 13.2 Å². The molecule has 2 heterocycles. The van der Waals surface area contributed by atoms with E-state index in [9.17, 15) is 13.2 Å². The van der Waals surface area contributed by atoms with Crippen LogP contribution in [0.2, 0.25) is 0 Å². The Labute approximate surface area is 132 Å². The van der Waals surface area contributed by atoms with Gasteiger partial charge in [0.25, 0.3) is 0 Å². The van der Waals surface area contributed by atoms with Crippen molar-refractivity contribution >= 4 is 0 Å². The molecular weight excluding hydrogens is 305 g/mol. The molecule has 0 aromatic carbocycles. The number of nitrogens with one attached hydrogen (secondary N) is 1. The van der Waals surface area contributed by atoms with Gasteiger partial charge in [-0.25, -0.2) is 0 Å². The van der Waals surface area contributed by atoms with Gasteiger partial charge in [0.2, 0.25) is 0 Å². The second-order valence-electron chi connectivity index (χ2n) is 5.82. The van der Waals surface area contributed by atoms with E-state index in [1.165, 1.54) is 12.3 Å². The SMILES string of the molecule is FC(F)(F)c1cccnc1CNC1CCCCC1n1cccn1. The zero-order valence-electron chi connectivity index (χ0n) is 12.6. The van der Waals surface area contributed by atoms with Gasteiger partial charge in [0, 0.05) is 31.2 Å². The quantitative estimate of drug-likeness (QED) is 0.935. The van der Waals surface area contributed by atoms with Crippen LogP contribution in [0.1, 0.15) is 43.0 Å². The highest BCUT2D eigenvalue weighted by Crippen LogP contribution is 2.32. The van der Waals surface area contributed by atoms with E-state index >= 15 is 0 Å². The van der Waals surface area contributed by atoms with Gasteiger partial charge in [-0.3, -0.25) is 9.67 Å². The average molecular weight is 324 g/mol. The predicted molar refractivity (Wildman–Crippen MR) is 79.6 cm³/mol. The third kappa shape index (κ3) is 3.72. The number of pyridine rings is 1. The van der Waals surface area contributed by atoms with E-state index in [-0.39, 0.29) is 24.3 Å². The van der Waals surface area contributed by atoms with Crippen molar-refractivity contribution in [3.05, 3.63) is 48.0 Å². The molecule has 4 nitrogen and oxygen atoms in total. The second kappa shape index (κ2) is 6.70. The van der Waals surface area contributed by atoms with Gasteiger partial charge in [0.15, 0.2) is 0 Å². The van der Waals surface area contributed by atoms with Gasteiger partial charge in [-0.2, -0.15) is 18.3 Å². The molecule has 7 heteroatoms. The highest BCUT2D eigenvalue weighted by molar-refractivity contribution is 5.23. The molecule has 0 aliphatic heterocycles. The summed E-state index contributed by atoms with van der Waals surface area (Å²) in [5, 5.41) is 7.55. The van der Waals surface area contributed by atoms with E-state index in [1.807, 2.05) is 16.9 Å². The Hall–Kier alpha value is -1.89. The predicted octanol–water partition coefficient (Wildman–Crippen LogP) is 3.57. The molecule has 0 bridgehead atoms. The van der Waals surface area contributed by atoms with E-state index in [0.717, 1.165) is 31.7 Å². The van der Waals surface area contributed by atoms with Gasteiger partial charge in [-0.1, -0.05) is 12.8 Å². The fourth-order valence-electron chi connectivity index (χ4n) is 3.21. The minimum Gasteiger partial charge on any atom is -0.306 e. The van der Waals surface area contributed by atoms with Gasteiger partial charge in [0.05, 0.1) is 17.3 Å². The summed E-state index contributed by atoms with van der Waals surface area (Å²) in [5.74, 6) is 0. The molecule has 1 aliphatic carbocycles. The van der Waals surface area contributed by atoms with Crippen molar-refractivity contribution in [3.63, 3.8) is 0 Å². The maximum absolute atomic E-state index is 13.0. The third-order valence-electron chi connectivity index (χ3n) is 4.32. The summed E-state index contributed by atoms with van der Waals surface area (Å²) in [5.41, 5.74) is -0.622. The van der Waals surface area contributed by atoms with Gasteiger partial charge >= 0.3 is 6.18 Å². The minimum absolute atomic E-state index is 0.0461. The van der Waals surface area contributed by atoms with E-state index < -0.39 is 11.7 Å². The Morgan fingerprint density at radius 2 is 2.00 bits per heavy atom. The first-order valence-electron chi connectivity index (χ1n) is 7.79. The highest BCUT2D eigenvalue weighted by atomic mass is 19.4. The standard InChI is InChI=1S/C16H19F3N4/c17-16(18,19)12-5-3-8-20-14(12)11-21-13-6-1-2-7-15(13)23-10-4-9-22-23/h3-5,8-10,13,15,21H,1-2,6-7,11H2. The van der Waals surface area contributed by atoms with Crippen LogP contribution in [0.25, 0.3) is 0 Å². The Morgan fingerprint density at radius 1 is 1.17 bits per heavy atom. The molecule has 1 N–H and O–H groups in total. The molecule has 1 fully saturated rings. The largest absolute Gasteiger partial charge is 0.418 e. The number of aromatic nitrogens is 3. The van der Waals surface area contributed by atoms with E-state index in [4.69, 9.17) is 0 Å². The Bertz CT molecular complexity index is 625. The lowest BCUT2D eigenvalue weighted by atomic mass is 9.90. The molecule has 0 amide bonds. The Morgan fingerprint density at radius 3 is 2.74 bits per heavy atom. The number of halogens is 3. The van der Waals surface area contributed by atoms with Crippen LogP contribution in [0, 0.1) is 0 Å². The topological polar surface area (TPSA) is 42.7 Å². The third-order valence-corrected chi connectivity index (χ3v) is 4.32. The normalized spacial score (nSPS) is 22.2. The van der Waals surface area contributed by atoms with Crippen LogP contribution in [0.15, 0.2) is 36.8 Å². The number of rotatable bonds is 4. The fraction of sp³-hybridized carbons (Fsp3) is 0.500. The second-order valence-corrected chi connectivity index (χ2v) is 5.82. The molecule has 124 valence electrons. The first-order chi connectivity index (χ1) is 11.1. The molecule has 2 unspecified atom stereocenters. The van der Waals surface area contributed by atoms with Crippen molar-refractivity contribution in [2.45, 2.75) is 50.5 Å². The first kappa shape index (κ1) is 16.0. The molecular formula is C16H19F3N4. The maximum atomic E-state index is 13.0. The van der Waals surface area contributed by atoms with Crippen molar-refractivity contribution in [2.75, 3.05) is 0 Å². The average Bonchev–Trinajstić information content (AvgIpc) is 3.07. The van der Waals surface area contributed by atoms with Crippen LogP contribution in [0.5, 0.6) is 0 Å². The lowest BCUT2D eigenvalue weighted by molar-refractivity contribution is -0.138. The van der Waals surface area contributed by atoms with E-state index in [2.05, 4.69) is 15.4 Å². The zero-order valence-corrected chi connectivity index (χ0v) is 12.6. The summed E-state index contributed by atoms with van der Waals surface area (Å²) in [6.45, 7) is 0.109. The first-order valence-corrected chi connectivity index (χ1v) is 7.79. The molecule has 0 radical (unpaired) electrons. The molecule has 23 heavy (non-hydrogen) atoms. The van der Waals surface area contributed by atoms with Crippen LogP contribution in [0.3, 0.4) is 0 Å². The van der Waals surface area contributed by atoms with Gasteiger partial charge in [0.1, 0.15) is 0 Å². The summed E-state index contributed by atoms with van der Waals surface area (Å²) in [7, 11) is 0. The monoisotopic (exact) mass is 324 g/mol. The lowest BCUT2D eigenvalue weighted by Gasteiger charge is -2.32. The van der Waals surface area contributed by atoms with Crippen molar-refractivity contribution in [1.29, 1.82) is 0 Å². The van der Waals surface area contributed by atoms with E-state index in [1.54, 1.807) is 6.20 Å². The summed E-state index contributed by atoms with van der Waals surface area (Å²) in [6, 6.07) is 4.55. The molecule has 1 saturated carbocycles. The highest BCUT2D eigenvalue weighted by Gasteiger charge is 2.34. The van der Waals surface area contributed by atoms with Crippen molar-refractivity contribution in [3.8, 4) is 0 Å². The Kier molecular flexibility index (Phi) is 4.66. The fourth-order valence-corrected chi connectivity index (χ4v) is 3.21. The van der Waals surface area contributed by atoms with Crippen LogP contribution >= 0.6 is 0 Å². The smallest absolute Gasteiger partial charge is 0.306 e. The van der Waals surface area contributed by atoms with Crippen LogP contribution in [-0.4, -0.2) is 20.8 Å². The van der Waals surface area contributed by atoms with Gasteiger partial charge in [-0.05, 0) is 31.0 Å². The number of alkyl halides is 3. The van der Waals surface area contributed by atoms with Crippen molar-refractivity contribution < 1.29 is 13.2 Å².